The van der Waals surface area contributed by atoms with Crippen LogP contribution >= 0.6 is 0 Å². The molecule has 1 N–H and O–H groups in total. The Bertz CT molecular complexity index is 422. The fraction of sp³-hybridized carbons (Fsp3) is 0.636. The number of H-pyrrole nitrogens is 1. The fourth-order valence-corrected chi connectivity index (χ4v) is 1.26. The van der Waals surface area contributed by atoms with E-state index < -0.39 is 7.25 Å². The van der Waals surface area contributed by atoms with Gasteiger partial charge in [0, 0.05) is 7.11 Å². The number of nitrogens with one attached hydrogen (secondary N) is 1. The van der Waals surface area contributed by atoms with Gasteiger partial charge in [0.1, 0.15) is 25.4 Å². The predicted octanol–water partition coefficient (Wildman–Crippen LogP) is 0.888. The normalized spacial score (nSPS) is 10.8. The van der Waals surface area contributed by atoms with Gasteiger partial charge in [0.2, 0.25) is 0 Å². The Hall–Kier alpha value is -1.62. The molecule has 0 unspecified atom stereocenters. The van der Waals surface area contributed by atoms with Crippen LogP contribution in [0.1, 0.15) is 5.82 Å². The lowest BCUT2D eigenvalue weighted by molar-refractivity contribution is -0.677. The molecule has 1 rings (SSSR count). The molecule has 11 heteroatoms. The van der Waals surface area contributed by atoms with Gasteiger partial charge in [0.05, 0.1) is 26.9 Å². The SMILES string of the molecule is COCCOCCOC(=O)Cc1[nH]cc[n+]1C.F[B-](F)(F)F. The Labute approximate surface area is 125 Å². The zero-order chi connectivity index (χ0) is 17.0. The molecule has 0 saturated heterocycles. The highest BCUT2D eigenvalue weighted by atomic mass is 19.5. The minimum atomic E-state index is -6.00. The molecule has 1 aromatic heterocycles. The molecule has 0 radical (unpaired) electrons. The number of hydrogen-bond acceptors (Lipinski definition) is 4. The minimum Gasteiger partial charge on any atom is -0.463 e. The summed E-state index contributed by atoms with van der Waals surface area (Å²) in [5, 5.41) is 0. The molecular weight excluding hydrogens is 311 g/mol. The van der Waals surface area contributed by atoms with Crippen LogP contribution in [0.3, 0.4) is 0 Å². The number of halogens is 4. The van der Waals surface area contributed by atoms with E-state index in [0.29, 0.717) is 19.8 Å². The second-order valence-corrected chi connectivity index (χ2v) is 4.01. The molecular formula is C11H19BF4N2O4. The smallest absolute Gasteiger partial charge is 0.463 e. The van der Waals surface area contributed by atoms with E-state index in [4.69, 9.17) is 14.2 Å². The van der Waals surface area contributed by atoms with Gasteiger partial charge in [0.15, 0.2) is 0 Å². The maximum atomic E-state index is 11.4. The van der Waals surface area contributed by atoms with Crippen LogP contribution in [0, 0.1) is 0 Å². The lowest BCUT2D eigenvalue weighted by atomic mass is 10.3. The van der Waals surface area contributed by atoms with Crippen molar-refractivity contribution in [3.8, 4) is 0 Å². The summed E-state index contributed by atoms with van der Waals surface area (Å²) in [6, 6.07) is 0. The Balaban J connectivity index is 0.000000763. The van der Waals surface area contributed by atoms with Gasteiger partial charge in [-0.2, -0.15) is 0 Å². The lowest BCUT2D eigenvalue weighted by Gasteiger charge is -2.04. The number of carbonyl (C=O) groups is 1. The van der Waals surface area contributed by atoms with Crippen LogP contribution in [0.5, 0.6) is 0 Å². The molecule has 0 spiro atoms. The third-order valence-corrected chi connectivity index (χ3v) is 2.21. The van der Waals surface area contributed by atoms with Gasteiger partial charge in [-0.1, -0.05) is 0 Å². The Morgan fingerprint density at radius 3 is 2.32 bits per heavy atom. The molecule has 6 nitrogen and oxygen atoms in total. The van der Waals surface area contributed by atoms with Crippen LogP contribution < -0.4 is 4.57 Å². The van der Waals surface area contributed by atoms with Gasteiger partial charge in [-0.05, 0) is 0 Å². The topological polar surface area (TPSA) is 64.4 Å². The Morgan fingerprint density at radius 2 is 1.82 bits per heavy atom. The molecule has 0 aromatic carbocycles. The number of nitrogens with zero attached hydrogens (tertiary/aromatic N) is 1. The van der Waals surface area contributed by atoms with Gasteiger partial charge in [-0.25, -0.2) is 9.55 Å². The number of rotatable bonds is 8. The molecule has 22 heavy (non-hydrogen) atoms. The summed E-state index contributed by atoms with van der Waals surface area (Å²) in [4.78, 5) is 14.4. The molecule has 0 aliphatic rings. The third kappa shape index (κ3) is 13.4. The van der Waals surface area contributed by atoms with E-state index in [1.165, 1.54) is 0 Å². The first kappa shape index (κ1) is 20.4. The van der Waals surface area contributed by atoms with E-state index in [2.05, 4.69) is 4.98 Å². The van der Waals surface area contributed by atoms with Crippen molar-refractivity contribution in [3.63, 3.8) is 0 Å². The van der Waals surface area contributed by atoms with Crippen molar-refractivity contribution in [1.29, 1.82) is 0 Å². The van der Waals surface area contributed by atoms with Gasteiger partial charge in [0.25, 0.3) is 5.82 Å². The van der Waals surface area contributed by atoms with Crippen LogP contribution in [0.15, 0.2) is 12.4 Å². The van der Waals surface area contributed by atoms with Gasteiger partial charge in [-0.3, -0.25) is 4.79 Å². The largest absolute Gasteiger partial charge is 0.673 e. The van der Waals surface area contributed by atoms with Crippen molar-refractivity contribution >= 4 is 13.2 Å². The zero-order valence-corrected chi connectivity index (χ0v) is 12.4. The van der Waals surface area contributed by atoms with E-state index in [1.54, 1.807) is 13.3 Å². The monoisotopic (exact) mass is 330 g/mol. The first-order valence-electron chi connectivity index (χ1n) is 6.35. The third-order valence-electron chi connectivity index (χ3n) is 2.21. The van der Waals surface area contributed by atoms with Crippen LogP contribution in [0.2, 0.25) is 0 Å². The highest BCUT2D eigenvalue weighted by Gasteiger charge is 2.20. The average Bonchev–Trinajstić information content (AvgIpc) is 2.77. The van der Waals surface area contributed by atoms with Crippen molar-refractivity contribution in [2.45, 2.75) is 6.42 Å². The number of methoxy groups -OCH3 is 1. The second kappa shape index (κ2) is 11.0. The first-order chi connectivity index (χ1) is 10.2. The number of aryl methyl sites for hydroxylation is 1. The number of imidazole rings is 1. The summed E-state index contributed by atoms with van der Waals surface area (Å²) >= 11 is 0. The number of hydrogen-bond donors (Lipinski definition) is 1. The maximum Gasteiger partial charge on any atom is 0.673 e. The minimum absolute atomic E-state index is 0.238. The average molecular weight is 330 g/mol. The Kier molecular flexibility index (Phi) is 10.2. The molecule has 0 atom stereocenters. The van der Waals surface area contributed by atoms with Gasteiger partial charge >= 0.3 is 13.2 Å². The number of aromatic amines is 1. The molecule has 1 aromatic rings. The summed E-state index contributed by atoms with van der Waals surface area (Å²) < 4.78 is 55.8. The first-order valence-corrected chi connectivity index (χ1v) is 6.35. The molecule has 128 valence electrons. The highest BCUT2D eigenvalue weighted by molar-refractivity contribution is 6.50. The molecule has 0 amide bonds. The second-order valence-electron chi connectivity index (χ2n) is 4.01. The van der Waals surface area contributed by atoms with Crippen molar-refractivity contribution in [2.75, 3.05) is 33.5 Å². The molecule has 0 saturated carbocycles. The summed E-state index contributed by atoms with van der Waals surface area (Å²) in [6.07, 6.45) is 3.86. The quantitative estimate of drug-likeness (QED) is 0.253. The van der Waals surface area contributed by atoms with Crippen LogP contribution in [-0.2, 0) is 32.5 Å². The van der Waals surface area contributed by atoms with Crippen molar-refractivity contribution < 1.29 is 40.8 Å². The van der Waals surface area contributed by atoms with Crippen LogP contribution in [0.4, 0.5) is 17.3 Å². The van der Waals surface area contributed by atoms with Crippen molar-refractivity contribution in [1.82, 2.24) is 4.98 Å². The number of esters is 1. The predicted molar refractivity (Wildman–Crippen MR) is 69.5 cm³/mol. The molecule has 1 heterocycles. The van der Waals surface area contributed by atoms with E-state index in [9.17, 15) is 22.1 Å². The number of ether oxygens (including phenoxy) is 3. The van der Waals surface area contributed by atoms with E-state index in [-0.39, 0.29) is 19.0 Å². The van der Waals surface area contributed by atoms with Crippen LogP contribution in [0.25, 0.3) is 0 Å². The zero-order valence-electron chi connectivity index (χ0n) is 12.4. The van der Waals surface area contributed by atoms with Crippen LogP contribution in [-0.4, -0.2) is 51.7 Å². The Morgan fingerprint density at radius 1 is 1.23 bits per heavy atom. The van der Waals surface area contributed by atoms with E-state index >= 15 is 0 Å². The fourth-order valence-electron chi connectivity index (χ4n) is 1.26. The molecule has 0 aliphatic carbocycles. The van der Waals surface area contributed by atoms with Gasteiger partial charge in [-0.15, -0.1) is 0 Å². The van der Waals surface area contributed by atoms with E-state index in [0.717, 1.165) is 5.82 Å². The van der Waals surface area contributed by atoms with E-state index in [1.807, 2.05) is 17.8 Å². The highest BCUT2D eigenvalue weighted by Crippen LogP contribution is 2.06. The molecule has 0 bridgehead atoms. The number of aromatic nitrogens is 2. The standard InChI is InChI=1S/C11H18N2O4.BF4/c1-13-4-3-12-10(13)9-11(14)17-8-7-16-6-5-15-2;2-1(3,4)5/h3-4H,5-9H2,1-2H3;/q;-1/p+1. The lowest BCUT2D eigenvalue weighted by Crippen LogP contribution is -2.32. The summed E-state index contributed by atoms with van der Waals surface area (Å²) in [7, 11) is -2.52. The molecule has 0 aliphatic heterocycles. The van der Waals surface area contributed by atoms with Crippen molar-refractivity contribution in [3.05, 3.63) is 18.2 Å². The molecule has 0 fully saturated rings. The maximum absolute atomic E-state index is 11.4. The van der Waals surface area contributed by atoms with Gasteiger partial charge < -0.3 is 31.5 Å². The van der Waals surface area contributed by atoms with Crippen molar-refractivity contribution in [2.24, 2.45) is 7.05 Å². The summed E-state index contributed by atoms with van der Waals surface area (Å²) in [5.74, 6) is 0.550. The number of carbonyl (C=O) groups excluding carboxylic acids is 1. The summed E-state index contributed by atoms with van der Waals surface area (Å²) in [5.41, 5.74) is 0. The summed E-state index contributed by atoms with van der Waals surface area (Å²) in [6.45, 7) is 1.73.